The third kappa shape index (κ3) is 4.24. The van der Waals surface area contributed by atoms with E-state index in [4.69, 9.17) is 4.52 Å². The van der Waals surface area contributed by atoms with E-state index >= 15 is 0 Å². The van der Waals surface area contributed by atoms with Crippen molar-refractivity contribution in [1.29, 1.82) is 0 Å². The monoisotopic (exact) mass is 389 g/mol. The Balaban J connectivity index is 1.71. The summed E-state index contributed by atoms with van der Waals surface area (Å²) in [6, 6.07) is 19.9. The second-order valence-corrected chi connectivity index (χ2v) is 7.88. The second kappa shape index (κ2) is 8.60. The van der Waals surface area contributed by atoms with Gasteiger partial charge in [-0.25, -0.2) is 0 Å². The summed E-state index contributed by atoms with van der Waals surface area (Å²) < 4.78 is 5.28. The second-order valence-electron chi connectivity index (χ2n) is 7.88. The molecule has 0 atom stereocenters. The van der Waals surface area contributed by atoms with Crippen LogP contribution in [0, 0.1) is 6.92 Å². The van der Waals surface area contributed by atoms with E-state index in [0.717, 1.165) is 49.7 Å². The Morgan fingerprint density at radius 1 is 0.931 bits per heavy atom. The largest absolute Gasteiger partial charge is 0.342 e. The fourth-order valence-electron chi connectivity index (χ4n) is 4.32. The third-order valence-electron chi connectivity index (χ3n) is 5.80. The van der Waals surface area contributed by atoms with Crippen molar-refractivity contribution in [3.8, 4) is 0 Å². The molecule has 0 saturated heterocycles. The number of carbonyl (C=O) groups is 1. The van der Waals surface area contributed by atoms with Crippen LogP contribution >= 0.6 is 0 Å². The number of carbonyl (C=O) groups excluding carboxylic acids is 1. The molecule has 2 aromatic carbocycles. The molecule has 1 aromatic heterocycles. The minimum absolute atomic E-state index is 0.0215. The summed E-state index contributed by atoms with van der Waals surface area (Å²) in [7, 11) is 0. The highest BCUT2D eigenvalue weighted by molar-refractivity contribution is 5.87. The number of amides is 1. The number of hydrogen-bond donors (Lipinski definition) is 1. The number of hydrogen-bond acceptors (Lipinski definition) is 4. The molecule has 5 nitrogen and oxygen atoms in total. The number of aromatic nitrogens is 2. The molecule has 3 aromatic rings. The molecule has 1 heterocycles. The average Bonchev–Trinajstić information content (AvgIpc) is 3.05. The van der Waals surface area contributed by atoms with Crippen molar-refractivity contribution in [3.63, 3.8) is 0 Å². The SMILES string of the molecule is Cc1nc(C2(NC(=O)C(c3ccccc3)c3ccccc3)CCCCCC2)no1. The summed E-state index contributed by atoms with van der Waals surface area (Å²) in [5.41, 5.74) is 1.38. The van der Waals surface area contributed by atoms with Gasteiger partial charge in [0.1, 0.15) is 5.54 Å². The van der Waals surface area contributed by atoms with E-state index in [9.17, 15) is 4.79 Å². The van der Waals surface area contributed by atoms with Gasteiger partial charge < -0.3 is 9.84 Å². The van der Waals surface area contributed by atoms with Crippen molar-refractivity contribution in [1.82, 2.24) is 15.5 Å². The highest BCUT2D eigenvalue weighted by Crippen LogP contribution is 2.36. The standard InChI is InChI=1S/C24H27N3O2/c1-18-25-23(27-29-18)24(16-10-2-3-11-17-24)26-22(28)21(19-12-6-4-7-13-19)20-14-8-5-9-15-20/h4-9,12-15,21H,2-3,10-11,16-17H2,1H3,(H,26,28). The molecule has 1 saturated carbocycles. The van der Waals surface area contributed by atoms with Crippen LogP contribution in [0.1, 0.15) is 67.3 Å². The molecule has 0 aliphatic heterocycles. The van der Waals surface area contributed by atoms with Crippen molar-refractivity contribution in [3.05, 3.63) is 83.5 Å². The molecule has 29 heavy (non-hydrogen) atoms. The van der Waals surface area contributed by atoms with Crippen LogP contribution in [0.15, 0.2) is 65.2 Å². The van der Waals surface area contributed by atoms with E-state index in [0.29, 0.717) is 11.7 Å². The number of nitrogens with one attached hydrogen (secondary N) is 1. The zero-order chi connectivity index (χ0) is 20.1. The smallest absolute Gasteiger partial charge is 0.232 e. The van der Waals surface area contributed by atoms with Gasteiger partial charge in [0.15, 0.2) is 5.82 Å². The molecule has 0 unspecified atom stereocenters. The van der Waals surface area contributed by atoms with Gasteiger partial charge in [0.25, 0.3) is 0 Å². The summed E-state index contributed by atoms with van der Waals surface area (Å²) in [6.45, 7) is 1.79. The minimum atomic E-state index is -0.576. The van der Waals surface area contributed by atoms with E-state index in [2.05, 4.69) is 15.5 Å². The van der Waals surface area contributed by atoms with Gasteiger partial charge in [0.2, 0.25) is 11.8 Å². The Bertz CT molecular complexity index is 890. The molecule has 1 N–H and O–H groups in total. The number of nitrogens with zero attached hydrogens (tertiary/aromatic N) is 2. The molecule has 0 bridgehead atoms. The van der Waals surface area contributed by atoms with Crippen LogP contribution in [0.5, 0.6) is 0 Å². The first-order valence-electron chi connectivity index (χ1n) is 10.4. The van der Waals surface area contributed by atoms with Crippen molar-refractivity contribution in [2.45, 2.75) is 56.9 Å². The molecule has 4 rings (SSSR count). The topological polar surface area (TPSA) is 68.0 Å². The summed E-state index contributed by atoms with van der Waals surface area (Å²) in [4.78, 5) is 18.2. The zero-order valence-electron chi connectivity index (χ0n) is 16.8. The summed E-state index contributed by atoms with van der Waals surface area (Å²) >= 11 is 0. The zero-order valence-corrected chi connectivity index (χ0v) is 16.8. The number of benzene rings is 2. The lowest BCUT2D eigenvalue weighted by Crippen LogP contribution is -2.48. The minimum Gasteiger partial charge on any atom is -0.342 e. The van der Waals surface area contributed by atoms with Gasteiger partial charge in [-0.1, -0.05) is 91.5 Å². The summed E-state index contributed by atoms with van der Waals surface area (Å²) in [5, 5.41) is 7.59. The molecule has 0 spiro atoms. The maximum atomic E-state index is 13.7. The summed E-state index contributed by atoms with van der Waals surface area (Å²) in [6.07, 6.45) is 6.05. The molecular weight excluding hydrogens is 362 g/mol. The van der Waals surface area contributed by atoms with Crippen LogP contribution in [0.25, 0.3) is 0 Å². The first kappa shape index (κ1) is 19.4. The third-order valence-corrected chi connectivity index (χ3v) is 5.80. The van der Waals surface area contributed by atoms with Crippen molar-refractivity contribution >= 4 is 5.91 Å². The lowest BCUT2D eigenvalue weighted by Gasteiger charge is -2.32. The van der Waals surface area contributed by atoms with Crippen LogP contribution in [-0.4, -0.2) is 16.0 Å². The van der Waals surface area contributed by atoms with Gasteiger partial charge in [-0.2, -0.15) is 4.98 Å². The van der Waals surface area contributed by atoms with E-state index in [-0.39, 0.29) is 11.8 Å². The van der Waals surface area contributed by atoms with Crippen LogP contribution in [0.4, 0.5) is 0 Å². The Labute approximate surface area is 171 Å². The van der Waals surface area contributed by atoms with Gasteiger partial charge in [0, 0.05) is 6.92 Å². The molecule has 150 valence electrons. The Morgan fingerprint density at radius 3 is 1.97 bits per heavy atom. The molecule has 1 aliphatic rings. The van der Waals surface area contributed by atoms with Gasteiger partial charge in [-0.3, -0.25) is 4.79 Å². The Hall–Kier alpha value is -2.95. The molecule has 1 amide bonds. The molecule has 1 aliphatic carbocycles. The molecule has 0 radical (unpaired) electrons. The van der Waals surface area contributed by atoms with Crippen LogP contribution in [0.2, 0.25) is 0 Å². The molecular formula is C24H27N3O2. The van der Waals surface area contributed by atoms with Crippen molar-refractivity contribution in [2.24, 2.45) is 0 Å². The predicted octanol–water partition coefficient (Wildman–Crippen LogP) is 4.88. The maximum absolute atomic E-state index is 13.7. The lowest BCUT2D eigenvalue weighted by atomic mass is 9.85. The van der Waals surface area contributed by atoms with Crippen molar-refractivity contribution in [2.75, 3.05) is 0 Å². The summed E-state index contributed by atoms with van der Waals surface area (Å²) in [5.74, 6) is 0.725. The maximum Gasteiger partial charge on any atom is 0.232 e. The van der Waals surface area contributed by atoms with E-state index in [1.165, 1.54) is 0 Å². The number of aryl methyl sites for hydroxylation is 1. The first-order valence-corrected chi connectivity index (χ1v) is 10.4. The van der Waals surface area contributed by atoms with Crippen LogP contribution in [0.3, 0.4) is 0 Å². The normalized spacial score (nSPS) is 16.3. The Kier molecular flexibility index (Phi) is 5.74. The van der Waals surface area contributed by atoms with Crippen molar-refractivity contribution < 1.29 is 9.32 Å². The van der Waals surface area contributed by atoms with Gasteiger partial charge >= 0.3 is 0 Å². The van der Waals surface area contributed by atoms with E-state index in [1.54, 1.807) is 6.92 Å². The fourth-order valence-corrected chi connectivity index (χ4v) is 4.32. The van der Waals surface area contributed by atoms with Gasteiger partial charge in [0.05, 0.1) is 5.92 Å². The van der Waals surface area contributed by atoms with E-state index in [1.807, 2.05) is 60.7 Å². The lowest BCUT2D eigenvalue weighted by molar-refractivity contribution is -0.124. The predicted molar refractivity (Wildman–Crippen MR) is 111 cm³/mol. The molecule has 5 heteroatoms. The highest BCUT2D eigenvalue weighted by Gasteiger charge is 2.40. The van der Waals surface area contributed by atoms with Gasteiger partial charge in [-0.15, -0.1) is 0 Å². The number of rotatable bonds is 5. The molecule has 1 fully saturated rings. The van der Waals surface area contributed by atoms with Crippen LogP contribution in [-0.2, 0) is 10.3 Å². The fraction of sp³-hybridized carbons (Fsp3) is 0.375. The average molecular weight is 389 g/mol. The quantitative estimate of drug-likeness (QED) is 0.632. The Morgan fingerprint density at radius 2 is 1.48 bits per heavy atom. The van der Waals surface area contributed by atoms with Crippen LogP contribution < -0.4 is 5.32 Å². The van der Waals surface area contributed by atoms with E-state index < -0.39 is 5.54 Å². The first-order chi connectivity index (χ1) is 14.2. The van der Waals surface area contributed by atoms with Gasteiger partial charge in [-0.05, 0) is 24.0 Å². The highest BCUT2D eigenvalue weighted by atomic mass is 16.5.